The molecule has 1 atom stereocenters. The van der Waals surface area contributed by atoms with Gasteiger partial charge in [0.15, 0.2) is 0 Å². The van der Waals surface area contributed by atoms with E-state index in [9.17, 15) is 19.2 Å². The van der Waals surface area contributed by atoms with Gasteiger partial charge in [-0.05, 0) is 13.3 Å². The molecule has 2 amide bonds. The van der Waals surface area contributed by atoms with E-state index in [4.69, 9.17) is 10.2 Å². The zero-order chi connectivity index (χ0) is 15.5. The summed E-state index contributed by atoms with van der Waals surface area (Å²) in [4.78, 5) is 43.4. The zero-order valence-electron chi connectivity index (χ0n) is 11.0. The van der Waals surface area contributed by atoms with Gasteiger partial charge in [-0.25, -0.2) is 9.59 Å². The van der Waals surface area contributed by atoms with Crippen LogP contribution in [0.4, 0.5) is 4.79 Å². The van der Waals surface area contributed by atoms with E-state index in [0.29, 0.717) is 6.42 Å². The molecule has 20 heavy (non-hydrogen) atoms. The standard InChI is InChI=1S/C11H18N2O7/c1-2-20-9(16)4-3-5-12-11(19)13-7(10(17)18)6-8(14)15/h7H,2-6H2,1H3,(H,14,15)(H,17,18)(H2,12,13,19). The molecule has 0 bridgehead atoms. The number of carboxylic acid groups (broad SMARTS) is 2. The highest BCUT2D eigenvalue weighted by molar-refractivity contribution is 5.86. The maximum Gasteiger partial charge on any atom is 0.326 e. The predicted molar refractivity (Wildman–Crippen MR) is 66.1 cm³/mol. The van der Waals surface area contributed by atoms with Gasteiger partial charge >= 0.3 is 23.9 Å². The number of carbonyl (C=O) groups excluding carboxylic acids is 2. The van der Waals surface area contributed by atoms with Crippen molar-refractivity contribution in [2.24, 2.45) is 0 Å². The van der Waals surface area contributed by atoms with Crippen LogP contribution in [0, 0.1) is 0 Å². The molecule has 114 valence electrons. The summed E-state index contributed by atoms with van der Waals surface area (Å²) in [5, 5.41) is 21.5. The predicted octanol–water partition coefficient (Wildman–Crippen LogP) is -0.443. The van der Waals surface area contributed by atoms with Crippen LogP contribution in [-0.4, -0.2) is 53.3 Å². The average Bonchev–Trinajstić information content (AvgIpc) is 2.33. The summed E-state index contributed by atoms with van der Waals surface area (Å²) in [7, 11) is 0. The molecule has 0 aromatic rings. The van der Waals surface area contributed by atoms with Gasteiger partial charge < -0.3 is 25.6 Å². The number of nitrogens with one attached hydrogen (secondary N) is 2. The number of ether oxygens (including phenoxy) is 1. The van der Waals surface area contributed by atoms with Gasteiger partial charge in [-0.1, -0.05) is 0 Å². The van der Waals surface area contributed by atoms with Crippen LogP contribution in [0.5, 0.6) is 0 Å². The Morgan fingerprint density at radius 1 is 1.20 bits per heavy atom. The minimum absolute atomic E-state index is 0.131. The van der Waals surface area contributed by atoms with Crippen molar-refractivity contribution >= 4 is 23.9 Å². The van der Waals surface area contributed by atoms with Gasteiger partial charge in [-0.15, -0.1) is 0 Å². The Morgan fingerprint density at radius 2 is 1.85 bits per heavy atom. The molecule has 0 heterocycles. The minimum Gasteiger partial charge on any atom is -0.481 e. The van der Waals surface area contributed by atoms with Crippen molar-refractivity contribution in [2.75, 3.05) is 13.2 Å². The quantitative estimate of drug-likeness (QED) is 0.333. The van der Waals surface area contributed by atoms with Gasteiger partial charge in [0.2, 0.25) is 0 Å². The molecule has 0 radical (unpaired) electrons. The fourth-order valence-corrected chi connectivity index (χ4v) is 1.25. The van der Waals surface area contributed by atoms with Crippen molar-refractivity contribution in [1.82, 2.24) is 10.6 Å². The molecule has 0 aromatic carbocycles. The van der Waals surface area contributed by atoms with Gasteiger partial charge in [0.05, 0.1) is 13.0 Å². The Bertz CT molecular complexity index is 370. The third-order valence-electron chi connectivity index (χ3n) is 2.13. The zero-order valence-corrected chi connectivity index (χ0v) is 11.0. The number of aliphatic carboxylic acids is 2. The summed E-state index contributed by atoms with van der Waals surface area (Å²) in [5.41, 5.74) is 0. The highest BCUT2D eigenvalue weighted by atomic mass is 16.5. The number of rotatable bonds is 9. The number of carboxylic acids is 2. The van der Waals surface area contributed by atoms with Gasteiger partial charge in [-0.3, -0.25) is 9.59 Å². The number of esters is 1. The Hall–Kier alpha value is -2.32. The Morgan fingerprint density at radius 3 is 2.35 bits per heavy atom. The summed E-state index contributed by atoms with van der Waals surface area (Å²) >= 11 is 0. The van der Waals surface area contributed by atoms with E-state index in [1.54, 1.807) is 6.92 Å². The molecule has 0 spiro atoms. The lowest BCUT2D eigenvalue weighted by Crippen LogP contribution is -2.47. The van der Waals surface area contributed by atoms with E-state index < -0.39 is 30.4 Å². The molecular weight excluding hydrogens is 272 g/mol. The van der Waals surface area contributed by atoms with Gasteiger partial charge in [0.25, 0.3) is 0 Å². The first-order valence-electron chi connectivity index (χ1n) is 6.01. The van der Waals surface area contributed by atoms with Crippen LogP contribution in [-0.2, 0) is 19.1 Å². The lowest BCUT2D eigenvalue weighted by Gasteiger charge is -2.13. The van der Waals surface area contributed by atoms with E-state index in [1.807, 2.05) is 5.32 Å². The molecular formula is C11H18N2O7. The number of carbonyl (C=O) groups is 4. The van der Waals surface area contributed by atoms with Crippen LogP contribution < -0.4 is 10.6 Å². The van der Waals surface area contributed by atoms with E-state index in [0.717, 1.165) is 0 Å². The summed E-state index contributed by atoms with van der Waals surface area (Å²) in [6.07, 6.45) is -0.250. The lowest BCUT2D eigenvalue weighted by molar-refractivity contribution is -0.145. The van der Waals surface area contributed by atoms with Crippen molar-refractivity contribution in [2.45, 2.75) is 32.2 Å². The highest BCUT2D eigenvalue weighted by Crippen LogP contribution is 1.94. The first-order chi connectivity index (χ1) is 9.36. The molecule has 0 aliphatic carbocycles. The van der Waals surface area contributed by atoms with Gasteiger partial charge in [-0.2, -0.15) is 0 Å². The fraction of sp³-hybridized carbons (Fsp3) is 0.636. The molecule has 0 aromatic heterocycles. The smallest absolute Gasteiger partial charge is 0.326 e. The molecule has 0 aliphatic heterocycles. The second kappa shape index (κ2) is 9.59. The number of amides is 2. The first-order valence-corrected chi connectivity index (χ1v) is 6.01. The highest BCUT2D eigenvalue weighted by Gasteiger charge is 2.22. The van der Waals surface area contributed by atoms with Gasteiger partial charge in [0.1, 0.15) is 6.04 Å². The molecule has 9 nitrogen and oxygen atoms in total. The van der Waals surface area contributed by atoms with Crippen LogP contribution in [0.25, 0.3) is 0 Å². The van der Waals surface area contributed by atoms with Crippen molar-refractivity contribution < 1.29 is 34.1 Å². The van der Waals surface area contributed by atoms with E-state index >= 15 is 0 Å². The summed E-state index contributed by atoms with van der Waals surface area (Å²) < 4.78 is 4.68. The second-order valence-electron chi connectivity index (χ2n) is 3.80. The van der Waals surface area contributed by atoms with E-state index in [2.05, 4.69) is 10.1 Å². The van der Waals surface area contributed by atoms with Crippen molar-refractivity contribution in [3.05, 3.63) is 0 Å². The average molecular weight is 290 g/mol. The topological polar surface area (TPSA) is 142 Å². The number of hydrogen-bond acceptors (Lipinski definition) is 5. The van der Waals surface area contributed by atoms with Crippen LogP contribution in [0.2, 0.25) is 0 Å². The summed E-state index contributed by atoms with van der Waals surface area (Å²) in [6.45, 7) is 2.10. The maximum absolute atomic E-state index is 11.3. The van der Waals surface area contributed by atoms with Crippen LogP contribution in [0.3, 0.4) is 0 Å². The van der Waals surface area contributed by atoms with Gasteiger partial charge in [0, 0.05) is 13.0 Å². The van der Waals surface area contributed by atoms with Crippen molar-refractivity contribution in [3.63, 3.8) is 0 Å². The first kappa shape index (κ1) is 17.7. The Labute approximate surface area is 115 Å². The Balaban J connectivity index is 3.94. The largest absolute Gasteiger partial charge is 0.481 e. The molecule has 1 unspecified atom stereocenters. The summed E-state index contributed by atoms with van der Waals surface area (Å²) in [6, 6.07) is -2.31. The molecule has 0 saturated carbocycles. The minimum atomic E-state index is -1.50. The maximum atomic E-state index is 11.3. The molecule has 0 fully saturated rings. The fourth-order valence-electron chi connectivity index (χ4n) is 1.25. The number of hydrogen-bond donors (Lipinski definition) is 4. The normalized spacial score (nSPS) is 11.2. The molecule has 4 N–H and O–H groups in total. The summed E-state index contributed by atoms with van der Waals surface area (Å²) in [5.74, 6) is -3.15. The van der Waals surface area contributed by atoms with Crippen molar-refractivity contribution in [1.29, 1.82) is 0 Å². The monoisotopic (exact) mass is 290 g/mol. The molecule has 0 aliphatic rings. The van der Waals surface area contributed by atoms with Crippen molar-refractivity contribution in [3.8, 4) is 0 Å². The SMILES string of the molecule is CCOC(=O)CCCNC(=O)NC(CC(=O)O)C(=O)O. The lowest BCUT2D eigenvalue weighted by atomic mass is 10.2. The van der Waals surface area contributed by atoms with E-state index in [-0.39, 0.29) is 25.5 Å². The number of urea groups is 1. The molecule has 0 rings (SSSR count). The third-order valence-corrected chi connectivity index (χ3v) is 2.13. The van der Waals surface area contributed by atoms with Crippen LogP contribution in [0.1, 0.15) is 26.2 Å². The van der Waals surface area contributed by atoms with Crippen LogP contribution in [0.15, 0.2) is 0 Å². The molecule has 0 saturated heterocycles. The van der Waals surface area contributed by atoms with E-state index in [1.165, 1.54) is 0 Å². The third kappa shape index (κ3) is 8.72. The second-order valence-corrected chi connectivity index (χ2v) is 3.80. The Kier molecular flexibility index (Phi) is 8.48. The van der Waals surface area contributed by atoms with Crippen LogP contribution >= 0.6 is 0 Å². The molecule has 9 heteroatoms.